The quantitative estimate of drug-likeness (QED) is 0.885. The zero-order valence-electron chi connectivity index (χ0n) is 8.73. The first-order valence-electron chi connectivity index (χ1n) is 4.32. The van der Waals surface area contributed by atoms with Gasteiger partial charge in [-0.1, -0.05) is 0 Å². The topological polar surface area (TPSA) is 31.9 Å². The second kappa shape index (κ2) is 5.95. The van der Waals surface area contributed by atoms with Crippen LogP contribution in [0.4, 0.5) is 0 Å². The highest BCUT2D eigenvalue weighted by atomic mass is 35.5. The lowest BCUT2D eigenvalue weighted by molar-refractivity contribution is 0.404. The van der Waals surface area contributed by atoms with E-state index in [0.717, 1.165) is 12.1 Å². The van der Waals surface area contributed by atoms with E-state index in [2.05, 4.69) is 29.0 Å². The number of aromatic nitrogens is 2. The predicted octanol–water partition coefficient (Wildman–Crippen LogP) is 2.47. The van der Waals surface area contributed by atoms with Gasteiger partial charge in [-0.05, 0) is 25.7 Å². The Hall–Kier alpha value is -0.770. The molecule has 5 heteroatoms. The molecule has 0 aliphatic carbocycles. The zero-order chi connectivity index (χ0) is 9.26. The molecule has 0 aliphatic heterocycles. The van der Waals surface area contributed by atoms with Crippen LogP contribution in [0.15, 0.2) is 24.7 Å². The minimum Gasteiger partial charge on any atom is -0.360 e. The first-order chi connectivity index (χ1) is 6.27. The number of rotatable bonds is 2. The van der Waals surface area contributed by atoms with E-state index in [9.17, 15) is 0 Å². The van der Waals surface area contributed by atoms with Crippen LogP contribution in [-0.4, -0.2) is 29.0 Å². The fraction of sp³-hybridized carbons (Fsp3) is 0.300. The van der Waals surface area contributed by atoms with Crippen LogP contribution in [0, 0.1) is 0 Å². The van der Waals surface area contributed by atoms with Gasteiger partial charge < -0.3 is 9.88 Å². The van der Waals surface area contributed by atoms with Crippen LogP contribution in [0.3, 0.4) is 0 Å². The molecule has 0 atom stereocenters. The van der Waals surface area contributed by atoms with Crippen LogP contribution in [-0.2, 0) is 6.54 Å². The molecule has 0 spiro atoms. The molecular formula is C10H15Cl2N3. The number of fused-ring (bicyclic) bond motifs is 1. The molecule has 2 aromatic heterocycles. The van der Waals surface area contributed by atoms with Gasteiger partial charge in [0, 0.05) is 24.3 Å². The third-order valence-corrected chi connectivity index (χ3v) is 2.06. The van der Waals surface area contributed by atoms with Crippen molar-refractivity contribution in [1.29, 1.82) is 0 Å². The summed E-state index contributed by atoms with van der Waals surface area (Å²) in [6.07, 6.45) is 5.73. The predicted molar refractivity (Wildman–Crippen MR) is 68.0 cm³/mol. The van der Waals surface area contributed by atoms with Crippen molar-refractivity contribution in [2.75, 3.05) is 14.1 Å². The molecule has 0 fully saturated rings. The van der Waals surface area contributed by atoms with E-state index in [1.165, 1.54) is 10.9 Å². The van der Waals surface area contributed by atoms with E-state index in [-0.39, 0.29) is 24.8 Å². The van der Waals surface area contributed by atoms with E-state index >= 15 is 0 Å². The van der Waals surface area contributed by atoms with E-state index < -0.39 is 0 Å². The second-order valence-electron chi connectivity index (χ2n) is 3.47. The van der Waals surface area contributed by atoms with Gasteiger partial charge >= 0.3 is 0 Å². The third kappa shape index (κ3) is 3.09. The van der Waals surface area contributed by atoms with Crippen LogP contribution in [0.5, 0.6) is 0 Å². The molecule has 15 heavy (non-hydrogen) atoms. The summed E-state index contributed by atoms with van der Waals surface area (Å²) in [5.41, 5.74) is 2.43. The summed E-state index contributed by atoms with van der Waals surface area (Å²) < 4.78 is 0. The Balaban J connectivity index is 0.000000980. The maximum Gasteiger partial charge on any atom is 0.0643 e. The fourth-order valence-electron chi connectivity index (χ4n) is 1.50. The minimum atomic E-state index is 0. The standard InChI is InChI=1S/C10H13N3.2ClH/c1-13(2)7-8-5-12-10-6-11-4-3-9(8)10;;/h3-6,12H,7H2,1-2H3;2*1H. The summed E-state index contributed by atoms with van der Waals surface area (Å²) in [6.45, 7) is 0.962. The molecule has 0 unspecified atom stereocenters. The maximum absolute atomic E-state index is 4.06. The van der Waals surface area contributed by atoms with Gasteiger partial charge in [0.2, 0.25) is 0 Å². The summed E-state index contributed by atoms with van der Waals surface area (Å²) in [5, 5.41) is 1.27. The highest BCUT2D eigenvalue weighted by Gasteiger charge is 2.02. The van der Waals surface area contributed by atoms with E-state index in [4.69, 9.17) is 0 Å². The van der Waals surface area contributed by atoms with Crippen LogP contribution < -0.4 is 0 Å². The normalized spacial score (nSPS) is 9.80. The molecule has 0 amide bonds. The Morgan fingerprint density at radius 2 is 2.07 bits per heavy atom. The number of halogens is 2. The number of nitrogens with zero attached hydrogens (tertiary/aromatic N) is 2. The zero-order valence-corrected chi connectivity index (χ0v) is 10.4. The van der Waals surface area contributed by atoms with Crippen molar-refractivity contribution in [3.8, 4) is 0 Å². The van der Waals surface area contributed by atoms with Crippen LogP contribution in [0.25, 0.3) is 10.9 Å². The summed E-state index contributed by atoms with van der Waals surface area (Å²) in [7, 11) is 4.14. The first-order valence-corrected chi connectivity index (χ1v) is 4.32. The molecule has 1 N–H and O–H groups in total. The van der Waals surface area contributed by atoms with Crippen molar-refractivity contribution in [3.63, 3.8) is 0 Å². The monoisotopic (exact) mass is 247 g/mol. The molecular weight excluding hydrogens is 233 g/mol. The van der Waals surface area contributed by atoms with Gasteiger partial charge in [0.25, 0.3) is 0 Å². The van der Waals surface area contributed by atoms with Crippen molar-refractivity contribution in [1.82, 2.24) is 14.9 Å². The summed E-state index contributed by atoms with van der Waals surface area (Å²) in [5.74, 6) is 0. The van der Waals surface area contributed by atoms with Crippen molar-refractivity contribution in [3.05, 3.63) is 30.2 Å². The van der Waals surface area contributed by atoms with Gasteiger partial charge in [0.1, 0.15) is 0 Å². The SMILES string of the molecule is CN(C)Cc1c[nH]c2cnccc12.Cl.Cl. The van der Waals surface area contributed by atoms with Gasteiger partial charge in [-0.15, -0.1) is 24.8 Å². The lowest BCUT2D eigenvalue weighted by atomic mass is 10.2. The lowest BCUT2D eigenvalue weighted by Gasteiger charge is -2.07. The maximum atomic E-state index is 4.06. The molecule has 0 aromatic carbocycles. The molecule has 84 valence electrons. The second-order valence-corrected chi connectivity index (χ2v) is 3.47. The number of H-pyrrole nitrogens is 1. The Labute approximate surface area is 102 Å². The third-order valence-electron chi connectivity index (χ3n) is 2.06. The smallest absolute Gasteiger partial charge is 0.0643 e. The van der Waals surface area contributed by atoms with Gasteiger partial charge in [-0.3, -0.25) is 4.98 Å². The van der Waals surface area contributed by atoms with Gasteiger partial charge in [0.05, 0.1) is 11.7 Å². The lowest BCUT2D eigenvalue weighted by Crippen LogP contribution is -2.09. The molecule has 2 heterocycles. The average Bonchev–Trinajstić information content (AvgIpc) is 2.48. The largest absolute Gasteiger partial charge is 0.360 e. The van der Waals surface area contributed by atoms with E-state index in [0.29, 0.717) is 0 Å². The van der Waals surface area contributed by atoms with Gasteiger partial charge in [0.15, 0.2) is 0 Å². The van der Waals surface area contributed by atoms with E-state index in [1.807, 2.05) is 24.7 Å². The Morgan fingerprint density at radius 1 is 1.33 bits per heavy atom. The first kappa shape index (κ1) is 14.2. The molecule has 0 radical (unpaired) electrons. The van der Waals surface area contributed by atoms with Crippen molar-refractivity contribution < 1.29 is 0 Å². The number of hydrogen-bond acceptors (Lipinski definition) is 2. The molecule has 2 aromatic rings. The Kier molecular flexibility index (Phi) is 5.65. The molecule has 0 saturated heterocycles. The summed E-state index contributed by atoms with van der Waals surface area (Å²) >= 11 is 0. The Bertz CT molecular complexity index is 412. The average molecular weight is 248 g/mol. The van der Waals surface area contributed by atoms with Crippen LogP contribution in [0.1, 0.15) is 5.56 Å². The van der Waals surface area contributed by atoms with E-state index in [1.54, 1.807) is 0 Å². The summed E-state index contributed by atoms with van der Waals surface area (Å²) in [6, 6.07) is 2.05. The van der Waals surface area contributed by atoms with Crippen LogP contribution in [0.2, 0.25) is 0 Å². The molecule has 2 rings (SSSR count). The number of aromatic amines is 1. The van der Waals surface area contributed by atoms with Crippen molar-refractivity contribution in [2.24, 2.45) is 0 Å². The molecule has 0 bridgehead atoms. The van der Waals surface area contributed by atoms with Gasteiger partial charge in [-0.25, -0.2) is 0 Å². The van der Waals surface area contributed by atoms with Gasteiger partial charge in [-0.2, -0.15) is 0 Å². The summed E-state index contributed by atoms with van der Waals surface area (Å²) in [4.78, 5) is 9.42. The van der Waals surface area contributed by atoms with Crippen molar-refractivity contribution >= 4 is 35.7 Å². The number of hydrogen-bond donors (Lipinski definition) is 1. The number of pyridine rings is 1. The molecule has 0 saturated carbocycles. The number of nitrogens with one attached hydrogen (secondary N) is 1. The fourth-order valence-corrected chi connectivity index (χ4v) is 1.50. The van der Waals surface area contributed by atoms with Crippen molar-refractivity contribution in [2.45, 2.75) is 6.54 Å². The highest BCUT2D eigenvalue weighted by Crippen LogP contribution is 2.17. The minimum absolute atomic E-state index is 0. The van der Waals surface area contributed by atoms with Crippen LogP contribution >= 0.6 is 24.8 Å². The molecule has 3 nitrogen and oxygen atoms in total. The highest BCUT2D eigenvalue weighted by molar-refractivity contribution is 5.85. The Morgan fingerprint density at radius 3 is 2.73 bits per heavy atom. The molecule has 0 aliphatic rings.